The molecule has 0 aromatic heterocycles. The molecule has 0 heterocycles. The minimum absolute atomic E-state index is 0.0356. The third-order valence-electron chi connectivity index (χ3n) is 6.92. The molecule has 0 N–H and O–H groups in total. The molecule has 4 aliphatic rings. The van der Waals surface area contributed by atoms with Crippen molar-refractivity contribution in [3.8, 4) is 0 Å². The molecular weight excluding hydrogens is 260 g/mol. The van der Waals surface area contributed by atoms with Gasteiger partial charge in [0.2, 0.25) is 0 Å². The normalized spacial score (nSPS) is 40.1. The van der Waals surface area contributed by atoms with Crippen LogP contribution >= 0.6 is 0 Å². The van der Waals surface area contributed by atoms with E-state index in [1.54, 1.807) is 6.92 Å². The Bertz CT molecular complexity index is 427. The summed E-state index contributed by atoms with van der Waals surface area (Å²) in [6, 6.07) is 0. The lowest BCUT2D eigenvalue weighted by Gasteiger charge is -2.63. The Kier molecular flexibility index (Phi) is 3.50. The van der Waals surface area contributed by atoms with Crippen LogP contribution in [0.1, 0.15) is 66.2 Å². The zero-order valence-electron chi connectivity index (χ0n) is 14.1. The molecule has 4 bridgehead atoms. The Morgan fingerprint density at radius 1 is 1.14 bits per heavy atom. The first-order valence-electron chi connectivity index (χ1n) is 8.64. The molecule has 4 rings (SSSR count). The van der Waals surface area contributed by atoms with Gasteiger partial charge >= 0.3 is 0 Å². The van der Waals surface area contributed by atoms with Crippen molar-refractivity contribution in [2.75, 3.05) is 0 Å². The molecule has 118 valence electrons. The van der Waals surface area contributed by atoms with Gasteiger partial charge in [-0.25, -0.2) is 0 Å². The van der Waals surface area contributed by atoms with Crippen LogP contribution in [0.4, 0.5) is 0 Å². The van der Waals surface area contributed by atoms with E-state index in [0.717, 1.165) is 17.8 Å². The van der Waals surface area contributed by atoms with Crippen LogP contribution in [0, 0.1) is 29.1 Å². The van der Waals surface area contributed by atoms with Gasteiger partial charge in [0.25, 0.3) is 0 Å². The van der Waals surface area contributed by atoms with Gasteiger partial charge in [-0.2, -0.15) is 0 Å². The maximum absolute atomic E-state index is 11.6. The fourth-order valence-electron chi connectivity index (χ4n) is 5.88. The predicted octanol–water partition coefficient (Wildman–Crippen LogP) is 4.74. The van der Waals surface area contributed by atoms with E-state index in [4.69, 9.17) is 4.74 Å². The highest BCUT2D eigenvalue weighted by Crippen LogP contribution is 2.65. The Hall–Kier alpha value is -0.790. The van der Waals surface area contributed by atoms with Gasteiger partial charge in [-0.1, -0.05) is 20.4 Å². The maximum Gasteiger partial charge on any atom is 0.193 e. The van der Waals surface area contributed by atoms with E-state index >= 15 is 0 Å². The van der Waals surface area contributed by atoms with Gasteiger partial charge in [0.1, 0.15) is 5.60 Å². The van der Waals surface area contributed by atoms with Crippen LogP contribution in [-0.4, -0.2) is 11.4 Å². The first-order valence-corrected chi connectivity index (χ1v) is 8.64. The molecule has 0 aliphatic heterocycles. The van der Waals surface area contributed by atoms with E-state index in [9.17, 15) is 4.79 Å². The van der Waals surface area contributed by atoms with E-state index in [2.05, 4.69) is 27.4 Å². The molecule has 0 aromatic carbocycles. The van der Waals surface area contributed by atoms with Gasteiger partial charge in [0.05, 0.1) is 0 Å². The summed E-state index contributed by atoms with van der Waals surface area (Å²) in [6.45, 7) is 12.2. The summed E-state index contributed by atoms with van der Waals surface area (Å²) in [6.07, 6.45) is 8.17. The van der Waals surface area contributed by atoms with E-state index < -0.39 is 0 Å². The Morgan fingerprint density at radius 3 is 1.90 bits per heavy atom. The second kappa shape index (κ2) is 4.86. The third-order valence-corrected chi connectivity index (χ3v) is 6.92. The van der Waals surface area contributed by atoms with E-state index in [1.807, 2.05) is 0 Å². The number of allylic oxidation sites excluding steroid dienone is 1. The van der Waals surface area contributed by atoms with Crippen LogP contribution in [0.2, 0.25) is 0 Å². The van der Waals surface area contributed by atoms with Gasteiger partial charge in [-0.3, -0.25) is 4.79 Å². The maximum atomic E-state index is 11.6. The summed E-state index contributed by atoms with van der Waals surface area (Å²) < 4.78 is 6.30. The smallest absolute Gasteiger partial charge is 0.193 e. The molecule has 0 saturated heterocycles. The molecule has 0 amide bonds. The zero-order chi connectivity index (χ0) is 15.4. The molecule has 0 radical (unpaired) electrons. The van der Waals surface area contributed by atoms with E-state index in [-0.39, 0.29) is 16.8 Å². The summed E-state index contributed by atoms with van der Waals surface area (Å²) in [7, 11) is 0. The first kappa shape index (κ1) is 15.1. The molecule has 1 atom stereocenters. The SMILES string of the molecule is C=C(OC(C)(C(C)C)C12CC3CC(CC(C3)C1)C2)C(C)=O. The number of carbonyl (C=O) groups excluding carboxylic acids is 1. The molecule has 4 saturated carbocycles. The lowest BCUT2D eigenvalue weighted by atomic mass is 9.44. The summed E-state index contributed by atoms with van der Waals surface area (Å²) in [4.78, 5) is 11.6. The van der Waals surface area contributed by atoms with Crippen molar-refractivity contribution in [2.24, 2.45) is 29.1 Å². The minimum Gasteiger partial charge on any atom is -0.484 e. The van der Waals surface area contributed by atoms with Crippen molar-refractivity contribution in [2.45, 2.75) is 71.8 Å². The van der Waals surface area contributed by atoms with Crippen molar-refractivity contribution < 1.29 is 9.53 Å². The monoisotopic (exact) mass is 290 g/mol. The van der Waals surface area contributed by atoms with Crippen LogP contribution in [0.15, 0.2) is 12.3 Å². The van der Waals surface area contributed by atoms with Gasteiger partial charge < -0.3 is 4.74 Å². The van der Waals surface area contributed by atoms with Crippen molar-refractivity contribution >= 4 is 5.78 Å². The number of ether oxygens (including phenoxy) is 1. The number of rotatable bonds is 5. The van der Waals surface area contributed by atoms with E-state index in [0.29, 0.717) is 11.7 Å². The van der Waals surface area contributed by atoms with Gasteiger partial charge in [-0.05, 0) is 69.1 Å². The second-order valence-corrected chi connectivity index (χ2v) is 8.54. The number of hydrogen-bond acceptors (Lipinski definition) is 2. The standard InChI is InChI=1S/C19H30O2/c1-12(2)18(5,21-14(4)13(3)20)19-9-15-6-16(10-19)8-17(7-15)11-19/h12,15-17H,4,6-11H2,1-3,5H3. The minimum atomic E-state index is -0.258. The highest BCUT2D eigenvalue weighted by atomic mass is 16.5. The molecule has 1 unspecified atom stereocenters. The first-order chi connectivity index (χ1) is 9.76. The molecule has 0 aromatic rings. The Labute approximate surface area is 129 Å². The largest absolute Gasteiger partial charge is 0.484 e. The van der Waals surface area contributed by atoms with Crippen molar-refractivity contribution in [3.05, 3.63) is 12.3 Å². The summed E-state index contributed by atoms with van der Waals surface area (Å²) in [5.74, 6) is 3.38. The predicted molar refractivity (Wildman–Crippen MR) is 84.8 cm³/mol. The Balaban J connectivity index is 1.93. The molecule has 0 spiro atoms. The Morgan fingerprint density at radius 2 is 1.57 bits per heavy atom. The quantitative estimate of drug-likeness (QED) is 0.540. The van der Waals surface area contributed by atoms with Crippen molar-refractivity contribution in [3.63, 3.8) is 0 Å². The summed E-state index contributed by atoms with van der Waals surface area (Å²) >= 11 is 0. The number of carbonyl (C=O) groups is 1. The van der Waals surface area contributed by atoms with Crippen LogP contribution in [-0.2, 0) is 9.53 Å². The van der Waals surface area contributed by atoms with Crippen LogP contribution in [0.25, 0.3) is 0 Å². The average Bonchev–Trinajstić information content (AvgIpc) is 2.36. The fourth-order valence-corrected chi connectivity index (χ4v) is 5.88. The number of hydrogen-bond donors (Lipinski definition) is 0. The molecular formula is C19H30O2. The molecule has 4 aliphatic carbocycles. The summed E-state index contributed by atoms with van der Waals surface area (Å²) in [5.41, 5.74) is 0.0000694. The second-order valence-electron chi connectivity index (χ2n) is 8.54. The van der Waals surface area contributed by atoms with Crippen molar-refractivity contribution in [1.82, 2.24) is 0 Å². The average molecular weight is 290 g/mol. The highest BCUT2D eigenvalue weighted by molar-refractivity contribution is 5.90. The van der Waals surface area contributed by atoms with Crippen LogP contribution in [0.5, 0.6) is 0 Å². The lowest BCUT2D eigenvalue weighted by Crippen LogP contribution is -2.60. The zero-order valence-corrected chi connectivity index (χ0v) is 14.1. The van der Waals surface area contributed by atoms with Gasteiger partial charge in [0.15, 0.2) is 11.5 Å². The van der Waals surface area contributed by atoms with Crippen molar-refractivity contribution in [1.29, 1.82) is 0 Å². The summed E-state index contributed by atoms with van der Waals surface area (Å²) in [5, 5.41) is 0. The number of ketones is 1. The van der Waals surface area contributed by atoms with Gasteiger partial charge in [-0.15, -0.1) is 0 Å². The molecule has 21 heavy (non-hydrogen) atoms. The molecule has 2 heteroatoms. The highest BCUT2D eigenvalue weighted by Gasteiger charge is 2.61. The number of Topliss-reactive ketones (excluding diaryl/α,β-unsaturated/α-hetero) is 1. The fraction of sp³-hybridized carbons (Fsp3) is 0.842. The molecule has 2 nitrogen and oxygen atoms in total. The third kappa shape index (κ3) is 2.26. The van der Waals surface area contributed by atoms with Gasteiger partial charge in [0, 0.05) is 12.3 Å². The van der Waals surface area contributed by atoms with Crippen LogP contribution in [0.3, 0.4) is 0 Å². The topological polar surface area (TPSA) is 26.3 Å². The molecule has 4 fully saturated rings. The van der Waals surface area contributed by atoms with E-state index in [1.165, 1.54) is 38.5 Å². The van der Waals surface area contributed by atoms with Crippen LogP contribution < -0.4 is 0 Å². The lowest BCUT2D eigenvalue weighted by molar-refractivity contribution is -0.199.